The van der Waals surface area contributed by atoms with E-state index in [2.05, 4.69) is 19.0 Å². The van der Waals surface area contributed by atoms with E-state index in [9.17, 15) is 4.79 Å². The van der Waals surface area contributed by atoms with Crippen LogP contribution in [0, 0.1) is 0 Å². The van der Waals surface area contributed by atoms with Crippen molar-refractivity contribution in [1.82, 2.24) is 9.80 Å². The third-order valence-electron chi connectivity index (χ3n) is 3.19. The lowest BCUT2D eigenvalue weighted by atomic mass is 10.1. The van der Waals surface area contributed by atoms with E-state index in [1.165, 1.54) is 0 Å². The molecule has 0 aromatic carbocycles. The first-order valence-corrected chi connectivity index (χ1v) is 7.65. The Hall–Kier alpha value is -0.260. The number of nitrogens with zero attached hydrogens (tertiary/aromatic N) is 2. The van der Waals surface area contributed by atoms with Crippen molar-refractivity contribution >= 4 is 17.7 Å². The predicted molar refractivity (Wildman–Crippen MR) is 74.3 cm³/mol. The second kappa shape index (κ2) is 7.24. The molecular weight excluding hydrogens is 234 g/mol. The molecule has 100 valence electrons. The molecule has 1 saturated heterocycles. The molecule has 1 aliphatic rings. The van der Waals surface area contributed by atoms with E-state index >= 15 is 0 Å². The van der Waals surface area contributed by atoms with Gasteiger partial charge in [-0.05, 0) is 45.4 Å². The summed E-state index contributed by atoms with van der Waals surface area (Å²) in [5.74, 6) is 1.10. The Balaban J connectivity index is 2.49. The average molecular weight is 259 g/mol. The maximum atomic E-state index is 12.2. The molecule has 1 amide bonds. The number of rotatable bonds is 6. The Kier molecular flexibility index (Phi) is 6.30. The molecule has 0 aromatic heterocycles. The van der Waals surface area contributed by atoms with Gasteiger partial charge < -0.3 is 15.5 Å². The van der Waals surface area contributed by atoms with E-state index < -0.39 is 0 Å². The van der Waals surface area contributed by atoms with Crippen molar-refractivity contribution < 1.29 is 4.79 Å². The van der Waals surface area contributed by atoms with Gasteiger partial charge >= 0.3 is 0 Å². The number of likely N-dealkylation sites (N-methyl/N-ethyl adjacent to an activating group) is 1. The molecule has 4 nitrogen and oxygen atoms in total. The van der Waals surface area contributed by atoms with Crippen molar-refractivity contribution in [2.24, 2.45) is 5.73 Å². The molecule has 0 aromatic rings. The smallest absolute Gasteiger partial charge is 0.239 e. The van der Waals surface area contributed by atoms with Gasteiger partial charge in [0.1, 0.15) is 0 Å². The van der Waals surface area contributed by atoms with Crippen LogP contribution in [0.25, 0.3) is 0 Å². The van der Waals surface area contributed by atoms with Crippen LogP contribution in [0.5, 0.6) is 0 Å². The number of thioether (sulfide) groups is 1. The number of carbonyl (C=O) groups excluding carboxylic acids is 1. The molecule has 5 heteroatoms. The molecule has 1 rings (SSSR count). The molecule has 0 saturated carbocycles. The van der Waals surface area contributed by atoms with Crippen molar-refractivity contribution in [3.63, 3.8) is 0 Å². The highest BCUT2D eigenvalue weighted by atomic mass is 32.2. The molecule has 1 unspecified atom stereocenters. The molecule has 0 spiro atoms. The van der Waals surface area contributed by atoms with Crippen molar-refractivity contribution in [3.8, 4) is 0 Å². The predicted octanol–water partition coefficient (Wildman–Crippen LogP) is 0.619. The van der Waals surface area contributed by atoms with Crippen molar-refractivity contribution in [1.29, 1.82) is 0 Å². The van der Waals surface area contributed by atoms with Crippen molar-refractivity contribution in [2.45, 2.75) is 31.3 Å². The zero-order chi connectivity index (χ0) is 12.8. The third-order valence-corrected chi connectivity index (χ3v) is 3.83. The van der Waals surface area contributed by atoms with Gasteiger partial charge in [0, 0.05) is 19.1 Å². The van der Waals surface area contributed by atoms with Gasteiger partial charge in [-0.25, -0.2) is 0 Å². The van der Waals surface area contributed by atoms with Crippen molar-refractivity contribution in [2.75, 3.05) is 39.2 Å². The van der Waals surface area contributed by atoms with Crippen LogP contribution >= 0.6 is 11.8 Å². The summed E-state index contributed by atoms with van der Waals surface area (Å²) in [6.07, 6.45) is 5.05. The Morgan fingerprint density at radius 3 is 2.88 bits per heavy atom. The van der Waals surface area contributed by atoms with Gasteiger partial charge in [0.25, 0.3) is 0 Å². The fraction of sp³-hybridized carbons (Fsp3) is 0.917. The topological polar surface area (TPSA) is 49.6 Å². The summed E-state index contributed by atoms with van der Waals surface area (Å²) < 4.78 is 0. The van der Waals surface area contributed by atoms with Gasteiger partial charge in [0.2, 0.25) is 5.91 Å². The standard InChI is InChI=1S/C12H25N3OS/c1-14(2)9-10-5-4-7-15(10)12(16)11(13)6-8-17-3/h10-11H,4-9,13H2,1-3H3/t10?,11-/m1/s1. The number of likely N-dealkylation sites (tertiary alicyclic amines) is 1. The zero-order valence-electron chi connectivity index (χ0n) is 11.2. The van der Waals surface area contributed by atoms with Crippen LogP contribution in [0.2, 0.25) is 0 Å². The number of hydrogen-bond acceptors (Lipinski definition) is 4. The highest BCUT2D eigenvalue weighted by Crippen LogP contribution is 2.19. The first-order valence-electron chi connectivity index (χ1n) is 6.26. The molecule has 2 N–H and O–H groups in total. The second-order valence-electron chi connectivity index (χ2n) is 4.98. The van der Waals surface area contributed by atoms with Crippen LogP contribution in [-0.4, -0.2) is 67.0 Å². The largest absolute Gasteiger partial charge is 0.337 e. The number of hydrogen-bond donors (Lipinski definition) is 1. The zero-order valence-corrected chi connectivity index (χ0v) is 12.0. The highest BCUT2D eigenvalue weighted by molar-refractivity contribution is 7.98. The van der Waals surface area contributed by atoms with Crippen LogP contribution in [0.4, 0.5) is 0 Å². The minimum atomic E-state index is -0.315. The summed E-state index contributed by atoms with van der Waals surface area (Å²) in [6, 6.07) is 0.0445. The van der Waals surface area contributed by atoms with Crippen LogP contribution in [0.15, 0.2) is 0 Å². The van der Waals surface area contributed by atoms with E-state index in [1.807, 2.05) is 11.2 Å². The van der Waals surface area contributed by atoms with Crippen LogP contribution < -0.4 is 5.73 Å². The quantitative estimate of drug-likeness (QED) is 0.760. The molecule has 2 atom stereocenters. The van der Waals surface area contributed by atoms with E-state index in [1.54, 1.807) is 11.8 Å². The normalized spacial score (nSPS) is 22.2. The third kappa shape index (κ3) is 4.48. The summed E-state index contributed by atoms with van der Waals surface area (Å²) in [5.41, 5.74) is 5.96. The second-order valence-corrected chi connectivity index (χ2v) is 5.96. The highest BCUT2D eigenvalue weighted by Gasteiger charge is 2.31. The number of carbonyl (C=O) groups is 1. The lowest BCUT2D eigenvalue weighted by Gasteiger charge is -2.29. The van der Waals surface area contributed by atoms with Gasteiger partial charge in [-0.1, -0.05) is 0 Å². The molecule has 17 heavy (non-hydrogen) atoms. The summed E-state index contributed by atoms with van der Waals surface area (Å²) >= 11 is 1.74. The summed E-state index contributed by atoms with van der Waals surface area (Å²) in [4.78, 5) is 16.3. The molecular formula is C12H25N3OS. The average Bonchev–Trinajstić information content (AvgIpc) is 2.71. The van der Waals surface area contributed by atoms with Crippen molar-refractivity contribution in [3.05, 3.63) is 0 Å². The first kappa shape index (κ1) is 14.8. The number of amides is 1. The van der Waals surface area contributed by atoms with Crippen LogP contribution in [0.1, 0.15) is 19.3 Å². The fourth-order valence-electron chi connectivity index (χ4n) is 2.32. The molecule has 0 aliphatic carbocycles. The van der Waals surface area contributed by atoms with E-state index in [-0.39, 0.29) is 11.9 Å². The summed E-state index contributed by atoms with van der Waals surface area (Å²) in [6.45, 7) is 1.82. The lowest BCUT2D eigenvalue weighted by Crippen LogP contribution is -2.48. The van der Waals surface area contributed by atoms with Gasteiger partial charge in [-0.15, -0.1) is 0 Å². The minimum Gasteiger partial charge on any atom is -0.337 e. The molecule has 1 aliphatic heterocycles. The molecule has 1 fully saturated rings. The van der Waals surface area contributed by atoms with Gasteiger partial charge in [-0.2, -0.15) is 11.8 Å². The van der Waals surface area contributed by atoms with E-state index in [4.69, 9.17) is 5.73 Å². The molecule has 1 heterocycles. The summed E-state index contributed by atoms with van der Waals surface area (Å²) in [7, 11) is 4.10. The molecule has 0 radical (unpaired) electrons. The van der Waals surface area contributed by atoms with Gasteiger partial charge in [-0.3, -0.25) is 4.79 Å². The number of nitrogens with two attached hydrogens (primary N) is 1. The molecule has 0 bridgehead atoms. The Morgan fingerprint density at radius 2 is 2.29 bits per heavy atom. The minimum absolute atomic E-state index is 0.142. The SMILES string of the molecule is CSCC[C@@H](N)C(=O)N1CCCC1CN(C)C. The lowest BCUT2D eigenvalue weighted by molar-refractivity contribution is -0.133. The Labute approximate surface area is 109 Å². The maximum Gasteiger partial charge on any atom is 0.239 e. The van der Waals surface area contributed by atoms with Gasteiger partial charge in [0.15, 0.2) is 0 Å². The van der Waals surface area contributed by atoms with E-state index in [0.29, 0.717) is 6.04 Å². The fourth-order valence-corrected chi connectivity index (χ4v) is 2.81. The Bertz CT molecular complexity index is 248. The van der Waals surface area contributed by atoms with Gasteiger partial charge in [0.05, 0.1) is 6.04 Å². The summed E-state index contributed by atoms with van der Waals surface area (Å²) in [5, 5.41) is 0. The monoisotopic (exact) mass is 259 g/mol. The maximum absolute atomic E-state index is 12.2. The Morgan fingerprint density at radius 1 is 1.59 bits per heavy atom. The van der Waals surface area contributed by atoms with Crippen LogP contribution in [-0.2, 0) is 4.79 Å². The van der Waals surface area contributed by atoms with Crippen LogP contribution in [0.3, 0.4) is 0 Å². The van der Waals surface area contributed by atoms with E-state index in [0.717, 1.165) is 38.1 Å². The first-order chi connectivity index (χ1) is 8.06.